The van der Waals surface area contributed by atoms with E-state index in [2.05, 4.69) is 0 Å². The molecule has 0 aliphatic carbocycles. The van der Waals surface area contributed by atoms with E-state index in [9.17, 15) is 14.7 Å². The van der Waals surface area contributed by atoms with Gasteiger partial charge in [-0.15, -0.1) is 0 Å². The number of rotatable bonds is 1. The van der Waals surface area contributed by atoms with E-state index in [1.165, 1.54) is 14.1 Å². The van der Waals surface area contributed by atoms with Crippen LogP contribution in [0.1, 0.15) is 12.5 Å². The molecule has 14 heavy (non-hydrogen) atoms. The third-order valence-corrected chi connectivity index (χ3v) is 2.05. The number of hydrogen-bond donors (Lipinski definition) is 0. The molecule has 72 valence electrons. The number of nitrogens with zero attached hydrogens (tertiary/aromatic N) is 2. The van der Waals surface area contributed by atoms with Crippen LogP contribution in [0.15, 0.2) is 9.59 Å². The summed E-state index contributed by atoms with van der Waals surface area (Å²) in [7, 11) is 2.73. The molecule has 6 heteroatoms. The van der Waals surface area contributed by atoms with Crippen molar-refractivity contribution < 1.29 is 34.7 Å². The van der Waals surface area contributed by atoms with Gasteiger partial charge < -0.3 is 9.67 Å². The van der Waals surface area contributed by atoms with Crippen LogP contribution in [0.3, 0.4) is 0 Å². The van der Waals surface area contributed by atoms with E-state index in [1.807, 2.05) is 0 Å². The Morgan fingerprint density at radius 2 is 1.71 bits per heavy atom. The van der Waals surface area contributed by atoms with Crippen molar-refractivity contribution in [2.24, 2.45) is 14.1 Å². The van der Waals surface area contributed by atoms with Crippen molar-refractivity contribution in [2.75, 3.05) is 0 Å². The van der Waals surface area contributed by atoms with E-state index in [-0.39, 0.29) is 35.1 Å². The maximum atomic E-state index is 11.3. The van der Waals surface area contributed by atoms with Gasteiger partial charge in [0.25, 0.3) is 5.56 Å². The normalized spacial score (nSPS) is 9.64. The maximum absolute atomic E-state index is 11.3. The quantitative estimate of drug-likeness (QED) is 0.437. The average Bonchev–Trinajstić information content (AvgIpc) is 2.13. The standard InChI is InChI=1S/C8H12N2O3.Na/c1-4-5-6(11)9(2)8(13)10(3)7(5)12;/h11H,4H2,1-3H3;/q;+1/p-1. The summed E-state index contributed by atoms with van der Waals surface area (Å²) >= 11 is 0. The molecular weight excluding hydrogens is 195 g/mol. The number of hydrogen-bond acceptors (Lipinski definition) is 3. The summed E-state index contributed by atoms with van der Waals surface area (Å²) in [5.74, 6) is -0.490. The smallest absolute Gasteiger partial charge is 0.860 e. The first-order chi connectivity index (χ1) is 6.00. The third-order valence-electron chi connectivity index (χ3n) is 2.05. The van der Waals surface area contributed by atoms with Gasteiger partial charge in [-0.2, -0.15) is 0 Å². The minimum Gasteiger partial charge on any atom is -0.860 e. The van der Waals surface area contributed by atoms with Crippen LogP contribution in [0.2, 0.25) is 0 Å². The summed E-state index contributed by atoms with van der Waals surface area (Å²) in [5.41, 5.74) is -0.910. The molecule has 1 aromatic heterocycles. The largest absolute Gasteiger partial charge is 1.00 e. The molecule has 0 bridgehead atoms. The van der Waals surface area contributed by atoms with Crippen LogP contribution in [0.25, 0.3) is 0 Å². The summed E-state index contributed by atoms with van der Waals surface area (Å²) in [4.78, 5) is 22.5. The van der Waals surface area contributed by atoms with Gasteiger partial charge in [-0.05, 0) is 12.3 Å². The van der Waals surface area contributed by atoms with E-state index in [4.69, 9.17) is 0 Å². The van der Waals surface area contributed by atoms with Crippen LogP contribution in [0, 0.1) is 0 Å². The summed E-state index contributed by atoms with van der Waals surface area (Å²) in [6.45, 7) is 1.71. The molecule has 0 amide bonds. The van der Waals surface area contributed by atoms with E-state index in [0.29, 0.717) is 6.42 Å². The Labute approximate surface area is 103 Å². The molecule has 0 spiro atoms. The Morgan fingerprint density at radius 3 is 2.14 bits per heavy atom. The summed E-state index contributed by atoms with van der Waals surface area (Å²) in [6, 6.07) is 0. The Bertz CT molecular complexity index is 447. The van der Waals surface area contributed by atoms with Crippen molar-refractivity contribution in [2.45, 2.75) is 13.3 Å². The van der Waals surface area contributed by atoms with Crippen molar-refractivity contribution >= 4 is 0 Å². The second-order valence-electron chi connectivity index (χ2n) is 2.84. The Hall–Kier alpha value is -0.520. The van der Waals surface area contributed by atoms with Gasteiger partial charge in [-0.1, -0.05) is 6.92 Å². The first-order valence-corrected chi connectivity index (χ1v) is 3.96. The van der Waals surface area contributed by atoms with E-state index >= 15 is 0 Å². The summed E-state index contributed by atoms with van der Waals surface area (Å²) in [5, 5.41) is 11.3. The van der Waals surface area contributed by atoms with Gasteiger partial charge >= 0.3 is 35.2 Å². The minimum atomic E-state index is -0.577. The molecule has 1 aromatic rings. The maximum Gasteiger partial charge on any atom is 1.00 e. The second kappa shape index (κ2) is 4.82. The van der Waals surface area contributed by atoms with Crippen LogP contribution >= 0.6 is 0 Å². The van der Waals surface area contributed by atoms with Gasteiger partial charge in [-0.3, -0.25) is 9.36 Å². The SMILES string of the molecule is CCc1c([O-])n(C)c(=O)n(C)c1=O.[Na+]. The van der Waals surface area contributed by atoms with Crippen molar-refractivity contribution in [1.29, 1.82) is 0 Å². The fourth-order valence-electron chi connectivity index (χ4n) is 1.20. The average molecular weight is 206 g/mol. The van der Waals surface area contributed by atoms with Gasteiger partial charge in [0.15, 0.2) is 0 Å². The zero-order valence-corrected chi connectivity index (χ0v) is 10.8. The third kappa shape index (κ3) is 1.94. The Morgan fingerprint density at radius 1 is 1.21 bits per heavy atom. The van der Waals surface area contributed by atoms with Crippen molar-refractivity contribution in [3.8, 4) is 5.88 Å². The zero-order chi connectivity index (χ0) is 10.2. The molecule has 0 aliphatic rings. The molecule has 0 radical (unpaired) electrons. The van der Waals surface area contributed by atoms with Gasteiger partial charge in [0, 0.05) is 19.7 Å². The molecule has 0 fully saturated rings. The molecule has 0 aromatic carbocycles. The van der Waals surface area contributed by atoms with Gasteiger partial charge in [0.05, 0.1) is 0 Å². The molecule has 0 N–H and O–H groups in total. The van der Waals surface area contributed by atoms with Gasteiger partial charge in [0.1, 0.15) is 0 Å². The number of aromatic nitrogens is 2. The molecule has 0 unspecified atom stereocenters. The predicted octanol–water partition coefficient (Wildman–Crippen LogP) is -4.28. The van der Waals surface area contributed by atoms with E-state index in [0.717, 1.165) is 9.13 Å². The summed E-state index contributed by atoms with van der Waals surface area (Å²) in [6.07, 6.45) is 0.347. The first kappa shape index (κ1) is 13.5. The van der Waals surface area contributed by atoms with Crippen LogP contribution in [-0.4, -0.2) is 9.13 Å². The molecule has 1 heterocycles. The van der Waals surface area contributed by atoms with Gasteiger partial charge in [-0.25, -0.2) is 4.79 Å². The monoisotopic (exact) mass is 206 g/mol. The van der Waals surface area contributed by atoms with E-state index < -0.39 is 17.1 Å². The Balaban J connectivity index is 0.00000169. The molecule has 0 saturated carbocycles. The Kier molecular flexibility index (Phi) is 4.64. The van der Waals surface area contributed by atoms with Gasteiger partial charge in [0.2, 0.25) is 0 Å². The predicted molar refractivity (Wildman–Crippen MR) is 45.7 cm³/mol. The zero-order valence-electron chi connectivity index (χ0n) is 8.83. The first-order valence-electron chi connectivity index (χ1n) is 3.96. The molecule has 0 atom stereocenters. The van der Waals surface area contributed by atoms with Crippen molar-refractivity contribution in [3.63, 3.8) is 0 Å². The van der Waals surface area contributed by atoms with Crippen LogP contribution in [-0.2, 0) is 20.5 Å². The molecule has 5 nitrogen and oxygen atoms in total. The topological polar surface area (TPSA) is 67.1 Å². The van der Waals surface area contributed by atoms with Crippen LogP contribution in [0.5, 0.6) is 5.88 Å². The van der Waals surface area contributed by atoms with Crippen molar-refractivity contribution in [1.82, 2.24) is 9.13 Å². The fraction of sp³-hybridized carbons (Fsp3) is 0.500. The molecule has 1 rings (SSSR count). The van der Waals surface area contributed by atoms with Crippen molar-refractivity contribution in [3.05, 3.63) is 26.4 Å². The second-order valence-corrected chi connectivity index (χ2v) is 2.84. The molecule has 0 aliphatic heterocycles. The molecular formula is C8H11N2NaO3. The fourth-order valence-corrected chi connectivity index (χ4v) is 1.20. The minimum absolute atomic E-state index is 0. The summed E-state index contributed by atoms with van der Waals surface area (Å²) < 4.78 is 1.89. The van der Waals surface area contributed by atoms with Crippen LogP contribution in [0.4, 0.5) is 0 Å². The van der Waals surface area contributed by atoms with Crippen LogP contribution < -0.4 is 45.9 Å². The molecule has 0 saturated heterocycles. The van der Waals surface area contributed by atoms with E-state index in [1.54, 1.807) is 6.92 Å².